The van der Waals surface area contributed by atoms with Crippen LogP contribution in [0.4, 0.5) is 0 Å². The molecule has 1 unspecified atom stereocenters. The monoisotopic (exact) mass is 323 g/mol. The molecule has 0 amide bonds. The van der Waals surface area contributed by atoms with E-state index in [0.29, 0.717) is 5.56 Å². The van der Waals surface area contributed by atoms with Gasteiger partial charge in [0, 0.05) is 6.54 Å². The first-order valence-corrected chi connectivity index (χ1v) is 8.82. The smallest absolute Gasteiger partial charge is 0.0902 e. The average molecular weight is 323 g/mol. The van der Waals surface area contributed by atoms with Crippen molar-refractivity contribution in [2.75, 3.05) is 19.8 Å². The summed E-state index contributed by atoms with van der Waals surface area (Å²) >= 11 is 0. The zero-order valence-corrected chi connectivity index (χ0v) is 14.4. The van der Waals surface area contributed by atoms with Crippen molar-refractivity contribution in [3.63, 3.8) is 0 Å². The molecule has 132 valence electrons. The van der Waals surface area contributed by atoms with Gasteiger partial charge in [0.2, 0.25) is 0 Å². The molecular weight excluding hydrogens is 290 g/mol. The average Bonchev–Trinajstić information content (AvgIpc) is 2.60. The number of hydrogen-bond acceptors (Lipinski definition) is 4. The van der Waals surface area contributed by atoms with Crippen LogP contribution in [-0.4, -0.2) is 35.1 Å². The lowest BCUT2D eigenvalue weighted by atomic mass is 9.80. The molecular formula is C19H33NO3. The van der Waals surface area contributed by atoms with Crippen molar-refractivity contribution in [2.45, 2.75) is 58.0 Å². The number of hydrogen-bond donors (Lipinski definition) is 4. The van der Waals surface area contributed by atoms with Crippen LogP contribution in [0.1, 0.15) is 62.7 Å². The van der Waals surface area contributed by atoms with Crippen LogP contribution in [-0.2, 0) is 6.42 Å². The molecule has 0 saturated carbocycles. The molecule has 0 aromatic heterocycles. The van der Waals surface area contributed by atoms with Crippen LogP contribution < -0.4 is 5.73 Å². The summed E-state index contributed by atoms with van der Waals surface area (Å²) in [5.41, 5.74) is 6.49. The van der Waals surface area contributed by atoms with Crippen LogP contribution in [0, 0.1) is 5.41 Å². The quantitative estimate of drug-likeness (QED) is 0.445. The van der Waals surface area contributed by atoms with Crippen LogP contribution in [0.25, 0.3) is 0 Å². The molecule has 0 spiro atoms. The number of aliphatic hydroxyl groups is 3. The van der Waals surface area contributed by atoms with E-state index in [1.165, 1.54) is 44.1 Å². The Kier molecular flexibility index (Phi) is 9.41. The van der Waals surface area contributed by atoms with Gasteiger partial charge in [0.1, 0.15) is 0 Å². The van der Waals surface area contributed by atoms with Gasteiger partial charge in [-0.15, -0.1) is 0 Å². The van der Waals surface area contributed by atoms with E-state index in [-0.39, 0.29) is 19.8 Å². The second kappa shape index (κ2) is 10.8. The molecule has 0 aliphatic rings. The highest BCUT2D eigenvalue weighted by atomic mass is 16.3. The number of aliphatic hydroxyl groups excluding tert-OH is 3. The summed E-state index contributed by atoms with van der Waals surface area (Å²) in [6.45, 7) is 1.56. The third-order valence-electron chi connectivity index (χ3n) is 4.73. The molecule has 0 bridgehead atoms. The van der Waals surface area contributed by atoms with Crippen molar-refractivity contribution in [1.82, 2.24) is 0 Å². The highest BCUT2D eigenvalue weighted by Gasteiger charge is 2.36. The number of unbranched alkanes of at least 4 members (excludes halogenated alkanes) is 5. The maximum absolute atomic E-state index is 10.4. The first-order valence-electron chi connectivity index (χ1n) is 8.82. The van der Waals surface area contributed by atoms with E-state index >= 15 is 0 Å². The number of aryl methyl sites for hydroxylation is 1. The molecule has 0 saturated heterocycles. The van der Waals surface area contributed by atoms with Crippen LogP contribution in [0.2, 0.25) is 0 Å². The van der Waals surface area contributed by atoms with Gasteiger partial charge < -0.3 is 21.1 Å². The minimum absolute atomic E-state index is 0.0285. The first-order chi connectivity index (χ1) is 11.1. The minimum atomic E-state index is -1.08. The third-order valence-corrected chi connectivity index (χ3v) is 4.73. The maximum Gasteiger partial charge on any atom is 0.0902 e. The lowest BCUT2D eigenvalue weighted by Crippen LogP contribution is -2.43. The van der Waals surface area contributed by atoms with Gasteiger partial charge in [0.15, 0.2) is 0 Å². The van der Waals surface area contributed by atoms with E-state index in [2.05, 4.69) is 6.92 Å². The Morgan fingerprint density at radius 3 is 2.04 bits per heavy atom. The summed E-state index contributed by atoms with van der Waals surface area (Å²) in [5, 5.41) is 29.4. The number of benzene rings is 1. The molecule has 0 aliphatic carbocycles. The van der Waals surface area contributed by atoms with E-state index < -0.39 is 11.5 Å². The second-order valence-corrected chi connectivity index (χ2v) is 6.54. The fourth-order valence-electron chi connectivity index (χ4n) is 2.79. The first kappa shape index (κ1) is 20.1. The van der Waals surface area contributed by atoms with Gasteiger partial charge in [-0.2, -0.15) is 0 Å². The standard InChI is InChI=1S/C19H33NO3/c1-2-3-4-5-6-7-8-16-9-11-17(12-10-16)18(23)19(13-20,14-21)15-22/h9-12,18,21-23H,2-8,13-15,20H2,1H3. The molecule has 1 atom stereocenters. The molecule has 1 rings (SSSR count). The largest absolute Gasteiger partial charge is 0.396 e. The second-order valence-electron chi connectivity index (χ2n) is 6.54. The number of nitrogens with two attached hydrogens (primary N) is 1. The molecule has 1 aromatic carbocycles. The van der Waals surface area contributed by atoms with Crippen LogP contribution in [0.3, 0.4) is 0 Å². The summed E-state index contributed by atoms with van der Waals surface area (Å²) in [7, 11) is 0. The molecule has 1 aromatic rings. The molecule has 0 radical (unpaired) electrons. The van der Waals surface area contributed by atoms with Gasteiger partial charge in [0.05, 0.1) is 24.7 Å². The Morgan fingerprint density at radius 1 is 0.957 bits per heavy atom. The number of rotatable bonds is 12. The van der Waals surface area contributed by atoms with Crippen molar-refractivity contribution in [3.8, 4) is 0 Å². The van der Waals surface area contributed by atoms with E-state index in [9.17, 15) is 15.3 Å². The normalized spacial score (nSPS) is 13.3. The Morgan fingerprint density at radius 2 is 1.52 bits per heavy atom. The topological polar surface area (TPSA) is 86.7 Å². The molecule has 0 fully saturated rings. The van der Waals surface area contributed by atoms with Crippen LogP contribution in [0.15, 0.2) is 24.3 Å². The predicted octanol–water partition coefficient (Wildman–Crippen LogP) is 2.55. The Balaban J connectivity index is 2.52. The Labute approximate surface area is 140 Å². The Hall–Kier alpha value is -0.940. The van der Waals surface area contributed by atoms with Crippen molar-refractivity contribution in [2.24, 2.45) is 11.1 Å². The maximum atomic E-state index is 10.4. The SMILES string of the molecule is CCCCCCCCc1ccc(C(O)C(CN)(CO)CO)cc1. The lowest BCUT2D eigenvalue weighted by molar-refractivity contribution is -0.0488. The van der Waals surface area contributed by atoms with Gasteiger partial charge >= 0.3 is 0 Å². The van der Waals surface area contributed by atoms with Crippen molar-refractivity contribution < 1.29 is 15.3 Å². The van der Waals surface area contributed by atoms with E-state index in [4.69, 9.17) is 5.73 Å². The highest BCUT2D eigenvalue weighted by Crippen LogP contribution is 2.32. The highest BCUT2D eigenvalue weighted by molar-refractivity contribution is 5.26. The van der Waals surface area contributed by atoms with E-state index in [1.807, 2.05) is 24.3 Å². The fraction of sp³-hybridized carbons (Fsp3) is 0.684. The van der Waals surface area contributed by atoms with Gasteiger partial charge in [-0.1, -0.05) is 63.3 Å². The van der Waals surface area contributed by atoms with Crippen LogP contribution in [0.5, 0.6) is 0 Å². The van der Waals surface area contributed by atoms with Crippen molar-refractivity contribution in [3.05, 3.63) is 35.4 Å². The predicted molar refractivity (Wildman–Crippen MR) is 94.1 cm³/mol. The summed E-state index contributed by atoms with van der Waals surface area (Å²) < 4.78 is 0. The van der Waals surface area contributed by atoms with E-state index in [0.717, 1.165) is 6.42 Å². The van der Waals surface area contributed by atoms with Crippen molar-refractivity contribution >= 4 is 0 Å². The van der Waals surface area contributed by atoms with Crippen molar-refractivity contribution in [1.29, 1.82) is 0 Å². The summed E-state index contributed by atoms with van der Waals surface area (Å²) in [5.74, 6) is 0. The summed E-state index contributed by atoms with van der Waals surface area (Å²) in [6.07, 6.45) is 7.75. The van der Waals surface area contributed by atoms with E-state index in [1.54, 1.807) is 0 Å². The fourth-order valence-corrected chi connectivity index (χ4v) is 2.79. The van der Waals surface area contributed by atoms with Gasteiger partial charge in [-0.3, -0.25) is 0 Å². The summed E-state index contributed by atoms with van der Waals surface area (Å²) in [4.78, 5) is 0. The third kappa shape index (κ3) is 5.88. The van der Waals surface area contributed by atoms with Gasteiger partial charge in [0.25, 0.3) is 0 Å². The molecule has 5 N–H and O–H groups in total. The molecule has 0 heterocycles. The zero-order chi connectivity index (χ0) is 17.1. The lowest BCUT2D eigenvalue weighted by Gasteiger charge is -2.33. The molecule has 4 nitrogen and oxygen atoms in total. The zero-order valence-electron chi connectivity index (χ0n) is 14.4. The van der Waals surface area contributed by atoms with Gasteiger partial charge in [-0.25, -0.2) is 0 Å². The molecule has 4 heteroatoms. The minimum Gasteiger partial charge on any atom is -0.396 e. The molecule has 23 heavy (non-hydrogen) atoms. The summed E-state index contributed by atoms with van der Waals surface area (Å²) in [6, 6.07) is 7.76. The Bertz CT molecular complexity index is 407. The van der Waals surface area contributed by atoms with Gasteiger partial charge in [-0.05, 0) is 24.0 Å². The van der Waals surface area contributed by atoms with Crippen LogP contribution >= 0.6 is 0 Å². The molecule has 0 aliphatic heterocycles.